The van der Waals surface area contributed by atoms with Crippen LogP contribution in [0.3, 0.4) is 0 Å². The average Bonchev–Trinajstić information content (AvgIpc) is 2.30. The molecule has 0 radical (unpaired) electrons. The van der Waals surface area contributed by atoms with E-state index in [-0.39, 0.29) is 5.91 Å². The van der Waals surface area contributed by atoms with Crippen molar-refractivity contribution in [3.8, 4) is 0 Å². The number of para-hydroxylation sites is 1. The molecule has 1 atom stereocenters. The molecular formula is C13H18N2O. The smallest absolute Gasteiger partial charge is 0.221 e. The topological polar surface area (TPSA) is 41.1 Å². The summed E-state index contributed by atoms with van der Waals surface area (Å²) in [7, 11) is 0. The van der Waals surface area contributed by atoms with Crippen molar-refractivity contribution in [1.29, 1.82) is 0 Å². The Balaban J connectivity index is 2.20. The average molecular weight is 218 g/mol. The summed E-state index contributed by atoms with van der Waals surface area (Å²) in [6, 6.07) is 8.42. The Hall–Kier alpha value is -1.35. The van der Waals surface area contributed by atoms with E-state index in [9.17, 15) is 4.79 Å². The third kappa shape index (κ3) is 2.61. The first-order valence-electron chi connectivity index (χ1n) is 5.87. The normalized spacial score (nSPS) is 20.4. The molecule has 16 heavy (non-hydrogen) atoms. The number of benzene rings is 1. The molecule has 2 N–H and O–H groups in total. The Morgan fingerprint density at radius 2 is 2.19 bits per heavy atom. The fourth-order valence-corrected chi connectivity index (χ4v) is 2.22. The van der Waals surface area contributed by atoms with Gasteiger partial charge in [0.05, 0.1) is 0 Å². The van der Waals surface area contributed by atoms with Crippen LogP contribution in [0.5, 0.6) is 0 Å². The lowest BCUT2D eigenvalue weighted by Crippen LogP contribution is -2.27. The van der Waals surface area contributed by atoms with Crippen LogP contribution in [-0.4, -0.2) is 12.5 Å². The van der Waals surface area contributed by atoms with Crippen molar-refractivity contribution in [1.82, 2.24) is 5.32 Å². The molecule has 1 amide bonds. The lowest BCUT2D eigenvalue weighted by Gasteiger charge is -2.25. The van der Waals surface area contributed by atoms with E-state index in [1.165, 1.54) is 18.4 Å². The number of hydrogen-bond donors (Lipinski definition) is 2. The fraction of sp³-hybridized carbons (Fsp3) is 0.462. The van der Waals surface area contributed by atoms with Crippen LogP contribution < -0.4 is 10.6 Å². The van der Waals surface area contributed by atoms with Gasteiger partial charge in [0, 0.05) is 18.7 Å². The van der Waals surface area contributed by atoms with Crippen LogP contribution >= 0.6 is 0 Å². The second kappa shape index (κ2) is 5.12. The molecule has 1 saturated heterocycles. The largest absolute Gasteiger partial charge is 0.326 e. The van der Waals surface area contributed by atoms with Crippen LogP contribution in [-0.2, 0) is 4.79 Å². The maximum Gasteiger partial charge on any atom is 0.221 e. The van der Waals surface area contributed by atoms with E-state index in [1.807, 2.05) is 18.2 Å². The standard InChI is InChI=1S/C13H18N2O/c1-10(16)15-13-8-3-2-6-11(13)12-7-4-5-9-14-12/h2-3,6,8,12,14H,4-5,7,9H2,1H3,(H,15,16)/t12-/m0/s1. The van der Waals surface area contributed by atoms with Crippen LogP contribution in [0.1, 0.15) is 37.8 Å². The third-order valence-corrected chi connectivity index (χ3v) is 2.96. The molecule has 3 nitrogen and oxygen atoms in total. The van der Waals surface area contributed by atoms with Gasteiger partial charge < -0.3 is 10.6 Å². The van der Waals surface area contributed by atoms with E-state index in [4.69, 9.17) is 0 Å². The van der Waals surface area contributed by atoms with Crippen molar-refractivity contribution in [3.05, 3.63) is 29.8 Å². The number of piperidine rings is 1. The maximum absolute atomic E-state index is 11.1. The first-order valence-corrected chi connectivity index (χ1v) is 5.87. The van der Waals surface area contributed by atoms with Crippen LogP contribution in [0.25, 0.3) is 0 Å². The van der Waals surface area contributed by atoms with E-state index < -0.39 is 0 Å². The molecule has 1 aromatic rings. The molecule has 2 rings (SSSR count). The minimum Gasteiger partial charge on any atom is -0.326 e. The molecular weight excluding hydrogens is 200 g/mol. The van der Waals surface area contributed by atoms with Gasteiger partial charge in [0.1, 0.15) is 0 Å². The summed E-state index contributed by atoms with van der Waals surface area (Å²) in [5.74, 6) is -0.0109. The molecule has 1 fully saturated rings. The lowest BCUT2D eigenvalue weighted by molar-refractivity contribution is -0.114. The number of hydrogen-bond acceptors (Lipinski definition) is 2. The highest BCUT2D eigenvalue weighted by Crippen LogP contribution is 2.28. The highest BCUT2D eigenvalue weighted by atomic mass is 16.1. The summed E-state index contributed by atoms with van der Waals surface area (Å²) in [5, 5.41) is 6.39. The molecule has 3 heteroatoms. The highest BCUT2D eigenvalue weighted by Gasteiger charge is 2.17. The van der Waals surface area contributed by atoms with Crippen LogP contribution in [0, 0.1) is 0 Å². The Morgan fingerprint density at radius 3 is 2.88 bits per heavy atom. The zero-order valence-corrected chi connectivity index (χ0v) is 9.62. The van der Waals surface area contributed by atoms with E-state index >= 15 is 0 Å². The predicted octanol–water partition coefficient (Wildman–Crippen LogP) is 2.46. The number of rotatable bonds is 2. The third-order valence-electron chi connectivity index (χ3n) is 2.96. The fourth-order valence-electron chi connectivity index (χ4n) is 2.22. The molecule has 0 bridgehead atoms. The second-order valence-electron chi connectivity index (χ2n) is 4.27. The van der Waals surface area contributed by atoms with E-state index in [2.05, 4.69) is 16.7 Å². The summed E-state index contributed by atoms with van der Waals surface area (Å²) in [4.78, 5) is 11.1. The Morgan fingerprint density at radius 1 is 1.38 bits per heavy atom. The maximum atomic E-state index is 11.1. The van der Waals surface area contributed by atoms with Crippen LogP contribution in [0.2, 0.25) is 0 Å². The van der Waals surface area contributed by atoms with Gasteiger partial charge in [0.15, 0.2) is 0 Å². The minimum atomic E-state index is -0.0109. The van der Waals surface area contributed by atoms with Crippen LogP contribution in [0.15, 0.2) is 24.3 Å². The summed E-state index contributed by atoms with van der Waals surface area (Å²) in [5.41, 5.74) is 2.15. The molecule has 0 aromatic heterocycles. The van der Waals surface area contributed by atoms with Gasteiger partial charge in [-0.2, -0.15) is 0 Å². The van der Waals surface area contributed by atoms with Gasteiger partial charge in [-0.05, 0) is 31.0 Å². The second-order valence-corrected chi connectivity index (χ2v) is 4.27. The monoisotopic (exact) mass is 218 g/mol. The molecule has 86 valence electrons. The zero-order valence-electron chi connectivity index (χ0n) is 9.62. The number of amides is 1. The molecule has 0 saturated carbocycles. The first-order chi connectivity index (χ1) is 7.77. The van der Waals surface area contributed by atoms with Gasteiger partial charge in [0.25, 0.3) is 0 Å². The zero-order chi connectivity index (χ0) is 11.4. The van der Waals surface area contributed by atoms with Crippen LogP contribution in [0.4, 0.5) is 5.69 Å². The Kier molecular flexibility index (Phi) is 3.57. The number of nitrogens with one attached hydrogen (secondary N) is 2. The molecule has 1 aliphatic heterocycles. The quantitative estimate of drug-likeness (QED) is 0.800. The minimum absolute atomic E-state index is 0.0109. The summed E-state index contributed by atoms with van der Waals surface area (Å²) in [6.07, 6.45) is 3.65. The van der Waals surface area contributed by atoms with Gasteiger partial charge in [-0.25, -0.2) is 0 Å². The van der Waals surface area contributed by atoms with Crippen molar-refractivity contribution < 1.29 is 4.79 Å². The molecule has 0 spiro atoms. The van der Waals surface area contributed by atoms with E-state index in [1.54, 1.807) is 6.92 Å². The van der Waals surface area contributed by atoms with Gasteiger partial charge in [-0.15, -0.1) is 0 Å². The van der Waals surface area contributed by atoms with Crippen molar-refractivity contribution in [2.24, 2.45) is 0 Å². The number of carbonyl (C=O) groups excluding carboxylic acids is 1. The number of carbonyl (C=O) groups is 1. The summed E-state index contributed by atoms with van der Waals surface area (Å²) in [6.45, 7) is 2.62. The number of anilines is 1. The highest BCUT2D eigenvalue weighted by molar-refractivity contribution is 5.89. The van der Waals surface area contributed by atoms with Crippen molar-refractivity contribution in [3.63, 3.8) is 0 Å². The first kappa shape index (κ1) is 11.1. The molecule has 1 heterocycles. The molecule has 1 aliphatic rings. The SMILES string of the molecule is CC(=O)Nc1ccccc1[C@@H]1CCCCN1. The van der Waals surface area contributed by atoms with Gasteiger partial charge in [-0.1, -0.05) is 24.6 Å². The van der Waals surface area contributed by atoms with Gasteiger partial charge in [-0.3, -0.25) is 4.79 Å². The summed E-state index contributed by atoms with van der Waals surface area (Å²) < 4.78 is 0. The Bertz CT molecular complexity index is 370. The predicted molar refractivity (Wildman–Crippen MR) is 65.3 cm³/mol. The van der Waals surface area contributed by atoms with Crippen molar-refractivity contribution >= 4 is 11.6 Å². The van der Waals surface area contributed by atoms with E-state index in [0.29, 0.717) is 6.04 Å². The van der Waals surface area contributed by atoms with Gasteiger partial charge in [0.2, 0.25) is 5.91 Å². The van der Waals surface area contributed by atoms with Crippen molar-refractivity contribution in [2.75, 3.05) is 11.9 Å². The molecule has 1 aromatic carbocycles. The van der Waals surface area contributed by atoms with Gasteiger partial charge >= 0.3 is 0 Å². The summed E-state index contributed by atoms with van der Waals surface area (Å²) >= 11 is 0. The van der Waals surface area contributed by atoms with Crippen molar-refractivity contribution in [2.45, 2.75) is 32.2 Å². The Labute approximate surface area is 96.2 Å². The molecule has 0 aliphatic carbocycles. The van der Waals surface area contributed by atoms with E-state index in [0.717, 1.165) is 18.7 Å². The lowest BCUT2D eigenvalue weighted by atomic mass is 9.96. The molecule has 0 unspecified atom stereocenters.